The molecule has 2 aromatic carbocycles. The molecule has 1 unspecified atom stereocenters. The van der Waals surface area contributed by atoms with Crippen LogP contribution in [0.25, 0.3) is 10.8 Å². The number of carbonyl (C=O) groups is 2. The van der Waals surface area contributed by atoms with Gasteiger partial charge in [-0.1, -0.05) is 49.4 Å². The average molecular weight is 298 g/mol. The number of hydrogen-bond acceptors (Lipinski definition) is 3. The number of carbonyl (C=O) groups excluding carboxylic acids is 2. The molecular weight excluding hydrogens is 276 g/mol. The molecule has 0 radical (unpaired) electrons. The van der Waals surface area contributed by atoms with E-state index in [1.54, 1.807) is 6.92 Å². The third-order valence-corrected chi connectivity index (χ3v) is 3.62. The van der Waals surface area contributed by atoms with Crippen molar-refractivity contribution in [2.75, 3.05) is 0 Å². The molecule has 0 aliphatic carbocycles. The summed E-state index contributed by atoms with van der Waals surface area (Å²) in [4.78, 5) is 23.7. The monoisotopic (exact) mass is 298 g/mol. The van der Waals surface area contributed by atoms with Gasteiger partial charge >= 0.3 is 0 Å². The fourth-order valence-electron chi connectivity index (χ4n) is 2.50. The first-order valence-electron chi connectivity index (χ1n) is 7.53. The first-order valence-corrected chi connectivity index (χ1v) is 7.53. The van der Waals surface area contributed by atoms with Crippen LogP contribution in [0, 0.1) is 5.92 Å². The van der Waals surface area contributed by atoms with E-state index < -0.39 is 0 Å². The zero-order chi connectivity index (χ0) is 16.1. The van der Waals surface area contributed by atoms with Crippen LogP contribution in [0.15, 0.2) is 42.5 Å². The molecule has 0 saturated heterocycles. The summed E-state index contributed by atoms with van der Waals surface area (Å²) in [6.07, 6.45) is 0.755. The van der Waals surface area contributed by atoms with Crippen LogP contribution in [0.2, 0.25) is 0 Å². The van der Waals surface area contributed by atoms with Gasteiger partial charge in [-0.15, -0.1) is 0 Å². The summed E-state index contributed by atoms with van der Waals surface area (Å²) in [6, 6.07) is 13.9. The van der Waals surface area contributed by atoms with E-state index in [1.807, 2.05) is 31.2 Å². The Labute approximate surface area is 130 Å². The third-order valence-electron chi connectivity index (χ3n) is 3.62. The normalized spacial score (nSPS) is 13.6. The Balaban J connectivity index is 2.06. The molecule has 116 valence electrons. The Morgan fingerprint density at radius 1 is 1.09 bits per heavy atom. The molecule has 22 heavy (non-hydrogen) atoms. The Hall–Kier alpha value is -2.20. The van der Waals surface area contributed by atoms with Crippen molar-refractivity contribution in [2.45, 2.75) is 32.7 Å². The maximum atomic E-state index is 12.1. The first kappa shape index (κ1) is 16.2. The molecule has 0 aromatic heterocycles. The average Bonchev–Trinajstić information content (AvgIpc) is 2.46. The molecule has 0 heterocycles. The minimum atomic E-state index is -0.315. The fourth-order valence-corrected chi connectivity index (χ4v) is 2.50. The lowest BCUT2D eigenvalue weighted by Gasteiger charge is -2.14. The predicted octanol–water partition coefficient (Wildman–Crippen LogP) is 2.40. The molecule has 0 aliphatic rings. The highest BCUT2D eigenvalue weighted by molar-refractivity contribution is 5.96. The molecule has 0 saturated carbocycles. The van der Waals surface area contributed by atoms with E-state index in [1.165, 1.54) is 0 Å². The van der Waals surface area contributed by atoms with Crippen molar-refractivity contribution < 1.29 is 9.59 Å². The topological polar surface area (TPSA) is 72.2 Å². The van der Waals surface area contributed by atoms with Gasteiger partial charge in [-0.25, -0.2) is 0 Å². The number of fused-ring (bicyclic) bond motifs is 1. The summed E-state index contributed by atoms with van der Waals surface area (Å²) in [5.41, 5.74) is 6.67. The van der Waals surface area contributed by atoms with Crippen LogP contribution in [0.4, 0.5) is 0 Å². The first-order chi connectivity index (χ1) is 10.5. The van der Waals surface area contributed by atoms with E-state index in [2.05, 4.69) is 23.5 Å². The van der Waals surface area contributed by atoms with Gasteiger partial charge in [-0.05, 0) is 29.7 Å². The maximum Gasteiger partial charge on any atom is 0.229 e. The zero-order valence-corrected chi connectivity index (χ0v) is 13.0. The van der Waals surface area contributed by atoms with Crippen LogP contribution in [0.3, 0.4) is 0 Å². The number of nitrogens with one attached hydrogen (secondary N) is 1. The lowest BCUT2D eigenvalue weighted by molar-refractivity contribution is -0.132. The molecule has 2 atom stereocenters. The number of imide groups is 1. The highest BCUT2D eigenvalue weighted by atomic mass is 16.2. The van der Waals surface area contributed by atoms with Crippen LogP contribution < -0.4 is 11.1 Å². The van der Waals surface area contributed by atoms with Crippen molar-refractivity contribution in [1.82, 2.24) is 5.32 Å². The van der Waals surface area contributed by atoms with Gasteiger partial charge < -0.3 is 5.73 Å². The van der Waals surface area contributed by atoms with Crippen molar-refractivity contribution in [3.05, 3.63) is 48.0 Å². The molecule has 0 fully saturated rings. The van der Waals surface area contributed by atoms with Crippen LogP contribution in [0.5, 0.6) is 0 Å². The van der Waals surface area contributed by atoms with Gasteiger partial charge in [0.2, 0.25) is 11.8 Å². The van der Waals surface area contributed by atoms with Gasteiger partial charge in [0.1, 0.15) is 0 Å². The van der Waals surface area contributed by atoms with Gasteiger partial charge in [0.25, 0.3) is 0 Å². The fraction of sp³-hybridized carbons (Fsp3) is 0.333. The summed E-state index contributed by atoms with van der Waals surface area (Å²) in [7, 11) is 0. The second kappa shape index (κ2) is 7.18. The summed E-state index contributed by atoms with van der Waals surface area (Å²) in [6.45, 7) is 3.57. The number of benzene rings is 2. The summed E-state index contributed by atoms with van der Waals surface area (Å²) < 4.78 is 0. The largest absolute Gasteiger partial charge is 0.327 e. The standard InChI is InChI=1S/C18H22N2O2/c1-12(18(22)20-17(21)11-13(2)19)10-15-8-5-7-14-6-3-4-9-16(14)15/h3-9,12-13H,10-11,19H2,1-2H3,(H,20,21,22)/t12?,13-/m1/s1. The van der Waals surface area contributed by atoms with Crippen molar-refractivity contribution in [3.63, 3.8) is 0 Å². The molecular formula is C18H22N2O2. The second-order valence-electron chi connectivity index (χ2n) is 5.84. The van der Waals surface area contributed by atoms with Gasteiger partial charge in [0.15, 0.2) is 0 Å². The maximum absolute atomic E-state index is 12.1. The van der Waals surface area contributed by atoms with Gasteiger partial charge in [0, 0.05) is 18.4 Å². The van der Waals surface area contributed by atoms with Crippen LogP contribution in [0.1, 0.15) is 25.8 Å². The lowest BCUT2D eigenvalue weighted by atomic mass is 9.95. The number of nitrogens with two attached hydrogens (primary N) is 1. The van der Waals surface area contributed by atoms with E-state index in [9.17, 15) is 9.59 Å². The Morgan fingerprint density at radius 3 is 2.50 bits per heavy atom. The van der Waals surface area contributed by atoms with Gasteiger partial charge in [-0.2, -0.15) is 0 Å². The van der Waals surface area contributed by atoms with E-state index in [-0.39, 0.29) is 30.2 Å². The molecule has 0 bridgehead atoms. The smallest absolute Gasteiger partial charge is 0.229 e. The van der Waals surface area contributed by atoms with E-state index in [0.717, 1.165) is 16.3 Å². The van der Waals surface area contributed by atoms with E-state index in [4.69, 9.17) is 5.73 Å². The second-order valence-corrected chi connectivity index (χ2v) is 5.84. The van der Waals surface area contributed by atoms with Crippen molar-refractivity contribution in [1.29, 1.82) is 0 Å². The Kier molecular flexibility index (Phi) is 5.28. The zero-order valence-electron chi connectivity index (χ0n) is 13.0. The highest BCUT2D eigenvalue weighted by Crippen LogP contribution is 2.21. The van der Waals surface area contributed by atoms with Crippen molar-refractivity contribution in [2.24, 2.45) is 11.7 Å². The summed E-state index contributed by atoms with van der Waals surface area (Å²) >= 11 is 0. The predicted molar refractivity (Wildman–Crippen MR) is 88.2 cm³/mol. The summed E-state index contributed by atoms with van der Waals surface area (Å²) in [5.74, 6) is -0.841. The van der Waals surface area contributed by atoms with Gasteiger partial charge in [0.05, 0.1) is 0 Å². The molecule has 0 aliphatic heterocycles. The minimum absolute atomic E-state index is 0.159. The van der Waals surface area contributed by atoms with Gasteiger partial charge in [-0.3, -0.25) is 14.9 Å². The Morgan fingerprint density at radius 2 is 1.77 bits per heavy atom. The number of rotatable bonds is 5. The highest BCUT2D eigenvalue weighted by Gasteiger charge is 2.17. The third kappa shape index (κ3) is 4.15. The number of amides is 2. The van der Waals surface area contributed by atoms with Crippen LogP contribution in [-0.4, -0.2) is 17.9 Å². The molecule has 2 amide bonds. The molecule has 4 nitrogen and oxygen atoms in total. The Bertz CT molecular complexity index is 674. The van der Waals surface area contributed by atoms with E-state index >= 15 is 0 Å². The molecule has 0 spiro atoms. The van der Waals surface area contributed by atoms with Crippen molar-refractivity contribution >= 4 is 22.6 Å². The summed E-state index contributed by atoms with van der Waals surface area (Å²) in [5, 5.41) is 4.72. The molecule has 4 heteroatoms. The SMILES string of the molecule is CC(Cc1cccc2ccccc12)C(=O)NC(=O)C[C@@H](C)N. The lowest BCUT2D eigenvalue weighted by Crippen LogP contribution is -2.38. The number of hydrogen-bond donors (Lipinski definition) is 2. The molecule has 3 N–H and O–H groups in total. The van der Waals surface area contributed by atoms with E-state index in [0.29, 0.717) is 6.42 Å². The van der Waals surface area contributed by atoms with Crippen LogP contribution >= 0.6 is 0 Å². The molecule has 2 aromatic rings. The quantitative estimate of drug-likeness (QED) is 0.890. The minimum Gasteiger partial charge on any atom is -0.327 e. The molecule has 2 rings (SSSR count). The van der Waals surface area contributed by atoms with Crippen LogP contribution in [-0.2, 0) is 16.0 Å². The van der Waals surface area contributed by atoms with Crippen molar-refractivity contribution in [3.8, 4) is 0 Å².